The van der Waals surface area contributed by atoms with Crippen LogP contribution in [0, 0.1) is 6.92 Å². The van der Waals surface area contributed by atoms with Gasteiger partial charge in [-0.05, 0) is 63.9 Å². The molecule has 3 aromatic rings. The molecule has 0 spiro atoms. The molecule has 1 N–H and O–H groups in total. The molecular weight excluding hydrogens is 386 g/mol. The van der Waals surface area contributed by atoms with Crippen molar-refractivity contribution in [3.63, 3.8) is 0 Å². The number of imidazole rings is 1. The number of fused-ring (bicyclic) bond motifs is 2. The van der Waals surface area contributed by atoms with Crippen LogP contribution < -0.4 is 4.74 Å². The normalized spacial score (nSPS) is 18.1. The molecule has 1 aromatic carbocycles. The molecule has 1 atom stereocenters. The maximum absolute atomic E-state index is 13.0. The van der Waals surface area contributed by atoms with Crippen LogP contribution >= 0.6 is 0 Å². The molecule has 29 heavy (non-hydrogen) atoms. The monoisotopic (exact) mass is 411 g/mol. The van der Waals surface area contributed by atoms with Gasteiger partial charge in [-0.2, -0.15) is 4.98 Å². The van der Waals surface area contributed by atoms with Crippen molar-refractivity contribution < 1.29 is 14.1 Å². The number of aromatic amines is 1. The van der Waals surface area contributed by atoms with E-state index >= 15 is 0 Å². The van der Waals surface area contributed by atoms with Gasteiger partial charge >= 0.3 is 5.16 Å². The summed E-state index contributed by atoms with van der Waals surface area (Å²) < 4.78 is 18.3. The molecule has 0 saturated heterocycles. The van der Waals surface area contributed by atoms with Crippen molar-refractivity contribution in [3.05, 3.63) is 46.8 Å². The van der Waals surface area contributed by atoms with E-state index in [0.717, 1.165) is 39.2 Å². The third-order valence-corrected chi connectivity index (χ3v) is 7.20. The summed E-state index contributed by atoms with van der Waals surface area (Å²) in [6.45, 7) is 9.74. The lowest BCUT2D eigenvalue weighted by molar-refractivity contribution is -0.126. The zero-order valence-corrected chi connectivity index (χ0v) is 18.4. The van der Waals surface area contributed by atoms with Crippen LogP contribution in [0.15, 0.2) is 29.6 Å². The highest BCUT2D eigenvalue weighted by atomic mass is 32.2. The molecule has 1 aliphatic rings. The Labute approximate surface area is 173 Å². The van der Waals surface area contributed by atoms with Crippen molar-refractivity contribution in [1.82, 2.24) is 15.0 Å². The molecule has 0 amide bonds. The molecule has 0 saturated carbocycles. The van der Waals surface area contributed by atoms with Crippen LogP contribution in [0.2, 0.25) is 0 Å². The molecule has 0 radical (unpaired) electrons. The number of carbonyl (C=O) groups is 1. The van der Waals surface area contributed by atoms with Crippen LogP contribution in [0.5, 0.6) is 5.75 Å². The number of nitrogens with zero attached hydrogens (tertiary/aromatic N) is 2. The number of benzene rings is 1. The predicted molar refractivity (Wildman–Crippen MR) is 113 cm³/mol. The number of Topliss-reactive ketones (excluding diaryl/α,β-unsaturated/α-hetero) is 1. The van der Waals surface area contributed by atoms with E-state index in [1.165, 1.54) is 0 Å². The van der Waals surface area contributed by atoms with Gasteiger partial charge in [0.1, 0.15) is 5.75 Å². The molecule has 0 fully saturated rings. The largest absolute Gasteiger partial charge is 0.609 e. The van der Waals surface area contributed by atoms with E-state index in [9.17, 15) is 9.35 Å². The SMILES string of the molecule is COc1ccnc(C[S+]([O-])c2nc3cc4c(cc3[nH]2)C(C)(C)C(=O)C4(C)C)c1C. The Morgan fingerprint density at radius 1 is 1.17 bits per heavy atom. The molecule has 4 rings (SSSR count). The average molecular weight is 412 g/mol. The fourth-order valence-electron chi connectivity index (χ4n) is 4.32. The Bertz CT molecular complexity index is 1080. The van der Waals surface area contributed by atoms with E-state index in [2.05, 4.69) is 15.0 Å². The van der Waals surface area contributed by atoms with E-state index in [0.29, 0.717) is 5.16 Å². The van der Waals surface area contributed by atoms with Gasteiger partial charge < -0.3 is 9.29 Å². The average Bonchev–Trinajstić information content (AvgIpc) is 3.15. The maximum atomic E-state index is 13.0. The van der Waals surface area contributed by atoms with Crippen molar-refractivity contribution in [2.24, 2.45) is 0 Å². The minimum absolute atomic E-state index is 0.205. The number of aromatic nitrogens is 3. The van der Waals surface area contributed by atoms with Crippen molar-refractivity contribution in [1.29, 1.82) is 0 Å². The number of carbonyl (C=O) groups excluding carboxylic acids is 1. The molecule has 152 valence electrons. The van der Waals surface area contributed by atoms with Crippen LogP contribution in [0.3, 0.4) is 0 Å². The quantitative estimate of drug-likeness (QED) is 0.661. The highest BCUT2D eigenvalue weighted by Crippen LogP contribution is 2.47. The Morgan fingerprint density at radius 3 is 2.48 bits per heavy atom. The lowest BCUT2D eigenvalue weighted by Crippen LogP contribution is -2.33. The van der Waals surface area contributed by atoms with Gasteiger partial charge in [0.2, 0.25) is 0 Å². The fourth-order valence-corrected chi connectivity index (χ4v) is 5.42. The summed E-state index contributed by atoms with van der Waals surface area (Å²) in [6.07, 6.45) is 1.66. The maximum Gasteiger partial charge on any atom is 0.322 e. The van der Waals surface area contributed by atoms with Crippen LogP contribution in [0.25, 0.3) is 11.0 Å². The van der Waals surface area contributed by atoms with Gasteiger partial charge in [-0.3, -0.25) is 14.8 Å². The number of nitrogens with one attached hydrogen (secondary N) is 1. The molecule has 1 unspecified atom stereocenters. The highest BCUT2D eigenvalue weighted by molar-refractivity contribution is 7.90. The summed E-state index contributed by atoms with van der Waals surface area (Å²) in [5.41, 5.74) is 3.99. The molecule has 0 aliphatic heterocycles. The molecule has 6 nitrogen and oxygen atoms in total. The number of ether oxygens (including phenoxy) is 1. The summed E-state index contributed by atoms with van der Waals surface area (Å²) >= 11 is -1.38. The molecule has 1 aliphatic carbocycles. The second kappa shape index (κ2) is 6.57. The fraction of sp³-hybridized carbons (Fsp3) is 0.409. The van der Waals surface area contributed by atoms with Crippen LogP contribution in [-0.2, 0) is 32.6 Å². The number of hydrogen-bond donors (Lipinski definition) is 1. The third kappa shape index (κ3) is 2.95. The molecule has 2 aromatic heterocycles. The van der Waals surface area contributed by atoms with Gasteiger partial charge in [0, 0.05) is 33.8 Å². The Balaban J connectivity index is 1.72. The number of methoxy groups -OCH3 is 1. The first-order valence-electron chi connectivity index (χ1n) is 9.54. The summed E-state index contributed by atoms with van der Waals surface area (Å²) in [4.78, 5) is 25.0. The first-order chi connectivity index (χ1) is 13.6. The molecule has 0 bridgehead atoms. The zero-order valence-electron chi connectivity index (χ0n) is 17.5. The number of hydrogen-bond acceptors (Lipinski definition) is 5. The number of ketones is 1. The minimum atomic E-state index is -1.38. The van der Waals surface area contributed by atoms with E-state index in [-0.39, 0.29) is 11.5 Å². The summed E-state index contributed by atoms with van der Waals surface area (Å²) in [6, 6.07) is 5.74. The first-order valence-corrected chi connectivity index (χ1v) is 10.9. The van der Waals surface area contributed by atoms with Crippen molar-refractivity contribution in [2.75, 3.05) is 7.11 Å². The highest BCUT2D eigenvalue weighted by Gasteiger charge is 2.50. The first kappa shape index (κ1) is 19.9. The van der Waals surface area contributed by atoms with E-state index in [1.54, 1.807) is 19.4 Å². The lowest BCUT2D eigenvalue weighted by Gasteiger charge is -2.21. The van der Waals surface area contributed by atoms with Crippen molar-refractivity contribution >= 4 is 28.0 Å². The lowest BCUT2D eigenvalue weighted by atomic mass is 9.80. The van der Waals surface area contributed by atoms with Gasteiger partial charge in [-0.15, -0.1) is 0 Å². The van der Waals surface area contributed by atoms with E-state index in [1.807, 2.05) is 46.8 Å². The van der Waals surface area contributed by atoms with Crippen molar-refractivity contribution in [2.45, 2.75) is 56.4 Å². The molecule has 7 heteroatoms. The predicted octanol–water partition coefficient (Wildman–Crippen LogP) is 3.72. The number of rotatable bonds is 4. The summed E-state index contributed by atoms with van der Waals surface area (Å²) in [5, 5.41) is 0.412. The minimum Gasteiger partial charge on any atom is -0.609 e. The van der Waals surface area contributed by atoms with Crippen LogP contribution in [0.1, 0.15) is 50.1 Å². The second-order valence-corrected chi connectivity index (χ2v) is 9.98. The third-order valence-electron chi connectivity index (χ3n) is 6.04. The summed E-state index contributed by atoms with van der Waals surface area (Å²) in [7, 11) is 1.61. The molecular formula is C22H25N3O3S. The van der Waals surface area contributed by atoms with Crippen LogP contribution in [0.4, 0.5) is 0 Å². The van der Waals surface area contributed by atoms with Gasteiger partial charge in [0.25, 0.3) is 0 Å². The Morgan fingerprint density at radius 2 is 1.83 bits per heavy atom. The van der Waals surface area contributed by atoms with Gasteiger partial charge in [0.15, 0.2) is 11.5 Å². The Hall–Kier alpha value is -2.38. The van der Waals surface area contributed by atoms with Crippen LogP contribution in [-0.4, -0.2) is 32.4 Å². The zero-order chi connectivity index (χ0) is 21.1. The second-order valence-electron chi connectivity index (χ2n) is 8.61. The van der Waals surface area contributed by atoms with E-state index < -0.39 is 22.0 Å². The van der Waals surface area contributed by atoms with Gasteiger partial charge in [-0.1, -0.05) is 0 Å². The Kier molecular flexibility index (Phi) is 4.51. The van der Waals surface area contributed by atoms with Gasteiger partial charge in [-0.25, -0.2) is 0 Å². The summed E-state index contributed by atoms with van der Waals surface area (Å²) in [5.74, 6) is 1.18. The smallest absolute Gasteiger partial charge is 0.322 e. The van der Waals surface area contributed by atoms with Gasteiger partial charge in [0.05, 0.1) is 23.8 Å². The van der Waals surface area contributed by atoms with E-state index in [4.69, 9.17) is 4.74 Å². The molecule has 2 heterocycles. The number of H-pyrrole nitrogens is 1. The standard InChI is InChI=1S/C22H25N3O3S/c1-12-17(23-8-7-18(12)28-6)11-29(27)20-24-15-9-13-14(10-16(15)25-20)22(4,5)19(26)21(13,2)3/h7-10H,11H2,1-6H3,(H,24,25). The number of pyridine rings is 1. The topological polar surface area (TPSA) is 90.9 Å². The van der Waals surface area contributed by atoms with Crippen molar-refractivity contribution in [3.8, 4) is 5.75 Å².